The van der Waals surface area contributed by atoms with E-state index in [9.17, 15) is 0 Å². The van der Waals surface area contributed by atoms with Crippen molar-refractivity contribution >= 4 is 6.79 Å². The fourth-order valence-corrected chi connectivity index (χ4v) is 2.24. The Morgan fingerprint density at radius 1 is 0.864 bits per heavy atom. The molecule has 0 amide bonds. The Hall–Kier alpha value is -1.25. The molecule has 0 aliphatic heterocycles. The topological polar surface area (TPSA) is 35.5 Å². The van der Waals surface area contributed by atoms with E-state index >= 15 is 0 Å². The molecule has 0 N–H and O–H groups in total. The molecule has 0 aromatic heterocycles. The molecule has 0 aromatic carbocycles. The van der Waals surface area contributed by atoms with Crippen LogP contribution in [0.2, 0.25) is 0 Å². The lowest BCUT2D eigenvalue weighted by Gasteiger charge is -2.04. The molecule has 128 valence electrons. The fraction of sp³-hybridized carbons (Fsp3) is 0.737. The van der Waals surface area contributed by atoms with Crippen LogP contribution in [0.1, 0.15) is 78.1 Å². The van der Waals surface area contributed by atoms with Crippen molar-refractivity contribution in [2.75, 3.05) is 13.2 Å². The lowest BCUT2D eigenvalue weighted by Crippen LogP contribution is -1.91. The molecule has 3 nitrogen and oxygen atoms in total. The summed E-state index contributed by atoms with van der Waals surface area (Å²) in [4.78, 5) is 8.00. The van der Waals surface area contributed by atoms with Gasteiger partial charge in [-0.3, -0.25) is 0 Å². The van der Waals surface area contributed by atoms with Crippen LogP contribution in [0.15, 0.2) is 23.7 Å². The highest BCUT2D eigenvalue weighted by atomic mass is 16.5. The Balaban J connectivity index is 0.000000360. The molecule has 2 aliphatic rings. The summed E-state index contributed by atoms with van der Waals surface area (Å²) in [6.45, 7) is 8.21. The molecule has 3 heteroatoms. The van der Waals surface area contributed by atoms with Gasteiger partial charge in [0.05, 0.1) is 24.7 Å². The van der Waals surface area contributed by atoms with Gasteiger partial charge in [0.1, 0.15) is 6.79 Å². The van der Waals surface area contributed by atoms with Crippen molar-refractivity contribution < 1.29 is 14.3 Å². The second kappa shape index (κ2) is 16.1. The van der Waals surface area contributed by atoms with E-state index in [2.05, 4.69) is 26.0 Å². The van der Waals surface area contributed by atoms with Crippen molar-refractivity contribution in [1.29, 1.82) is 0 Å². The van der Waals surface area contributed by atoms with Crippen molar-refractivity contribution in [3.8, 4) is 0 Å². The predicted octanol–water partition coefficient (Wildman–Crippen LogP) is 5.56. The zero-order valence-corrected chi connectivity index (χ0v) is 14.6. The van der Waals surface area contributed by atoms with E-state index < -0.39 is 0 Å². The Morgan fingerprint density at radius 3 is 1.55 bits per heavy atom. The van der Waals surface area contributed by atoms with Gasteiger partial charge in [-0.25, -0.2) is 0 Å². The van der Waals surface area contributed by atoms with Crippen molar-refractivity contribution in [1.82, 2.24) is 0 Å². The summed E-state index contributed by atoms with van der Waals surface area (Å²) < 4.78 is 11.0. The second-order valence-corrected chi connectivity index (χ2v) is 5.53. The smallest absolute Gasteiger partial charge is 0.106 e. The number of hydrogen-bond donors (Lipinski definition) is 0. The first-order valence-electron chi connectivity index (χ1n) is 8.79. The number of rotatable bonds is 8. The summed E-state index contributed by atoms with van der Waals surface area (Å²) in [6, 6.07) is 0. The van der Waals surface area contributed by atoms with Gasteiger partial charge in [0.25, 0.3) is 0 Å². The molecule has 0 radical (unpaired) electrons. The lowest BCUT2D eigenvalue weighted by molar-refractivity contribution is -0.0979. The highest BCUT2D eigenvalue weighted by molar-refractivity contribution is 5.11. The van der Waals surface area contributed by atoms with Crippen LogP contribution in [0, 0.1) is 0 Å². The van der Waals surface area contributed by atoms with E-state index in [1.807, 2.05) is 6.79 Å². The van der Waals surface area contributed by atoms with E-state index in [1.54, 1.807) is 0 Å². The first kappa shape index (κ1) is 20.8. The Morgan fingerprint density at radius 2 is 1.27 bits per heavy atom. The maximum atomic E-state index is 8.00. The third-order valence-electron chi connectivity index (χ3n) is 3.57. The van der Waals surface area contributed by atoms with E-state index in [4.69, 9.17) is 14.3 Å². The number of allylic oxidation sites excluding steroid dienone is 4. The minimum atomic E-state index is 0.919. The highest BCUT2D eigenvalue weighted by Gasteiger charge is 2.04. The maximum absolute atomic E-state index is 8.00. The van der Waals surface area contributed by atoms with E-state index in [1.165, 1.54) is 75.7 Å². The average Bonchev–Trinajstić information content (AvgIpc) is 3.24. The molecule has 0 spiro atoms. The van der Waals surface area contributed by atoms with Gasteiger partial charge in [-0.2, -0.15) is 0 Å². The number of unbranched alkanes of at least 4 members (excludes halogenated alkanes) is 2. The molecule has 0 bridgehead atoms. The first-order valence-corrected chi connectivity index (χ1v) is 8.79. The van der Waals surface area contributed by atoms with Crippen LogP contribution in [-0.2, 0) is 14.3 Å². The lowest BCUT2D eigenvalue weighted by atomic mass is 10.3. The van der Waals surface area contributed by atoms with Crippen LogP contribution in [0.5, 0.6) is 0 Å². The monoisotopic (exact) mass is 310 g/mol. The van der Waals surface area contributed by atoms with Crippen LogP contribution in [0.25, 0.3) is 0 Å². The minimum Gasteiger partial charge on any atom is -0.498 e. The average molecular weight is 310 g/mol. The normalized spacial score (nSPS) is 15.7. The molecule has 0 saturated carbocycles. The van der Waals surface area contributed by atoms with Crippen LogP contribution in [-0.4, -0.2) is 20.0 Å². The van der Waals surface area contributed by atoms with Crippen molar-refractivity contribution in [3.05, 3.63) is 23.7 Å². The van der Waals surface area contributed by atoms with Crippen LogP contribution < -0.4 is 0 Å². The molecule has 0 aromatic rings. The summed E-state index contributed by atoms with van der Waals surface area (Å²) in [5, 5.41) is 0. The van der Waals surface area contributed by atoms with E-state index in [0.29, 0.717) is 0 Å². The van der Waals surface area contributed by atoms with Crippen LogP contribution >= 0.6 is 0 Å². The number of carbonyl (C=O) groups is 1. The first-order chi connectivity index (χ1) is 10.9. The van der Waals surface area contributed by atoms with Gasteiger partial charge in [-0.05, 0) is 50.7 Å². The minimum absolute atomic E-state index is 0.919. The third kappa shape index (κ3) is 11.4. The third-order valence-corrected chi connectivity index (χ3v) is 3.57. The van der Waals surface area contributed by atoms with Crippen LogP contribution in [0.3, 0.4) is 0 Å². The van der Waals surface area contributed by atoms with Gasteiger partial charge >= 0.3 is 0 Å². The summed E-state index contributed by atoms with van der Waals surface area (Å²) in [5.41, 5.74) is 0. The van der Waals surface area contributed by atoms with Gasteiger partial charge in [0.2, 0.25) is 0 Å². The van der Waals surface area contributed by atoms with Crippen molar-refractivity contribution in [2.45, 2.75) is 78.1 Å². The Bertz CT molecular complexity index is 278. The van der Waals surface area contributed by atoms with Gasteiger partial charge < -0.3 is 14.3 Å². The van der Waals surface area contributed by atoms with Crippen LogP contribution in [0.4, 0.5) is 0 Å². The molecule has 22 heavy (non-hydrogen) atoms. The standard InChI is InChI=1S/2C9H16O.CH2O/c2*1-2-3-8-10-9-6-4-5-7-9;1-2/h2*6H,2-5,7-8H2,1H3;1H2. The number of carbonyl (C=O) groups excluding carboxylic acids is 1. The van der Waals surface area contributed by atoms with Gasteiger partial charge in [0.15, 0.2) is 0 Å². The predicted molar refractivity (Wildman–Crippen MR) is 92.7 cm³/mol. The largest absolute Gasteiger partial charge is 0.498 e. The van der Waals surface area contributed by atoms with Gasteiger partial charge in [-0.1, -0.05) is 26.7 Å². The summed E-state index contributed by atoms with van der Waals surface area (Å²) in [6.07, 6.45) is 16.7. The molecule has 0 unspecified atom stereocenters. The highest BCUT2D eigenvalue weighted by Crippen LogP contribution is 2.19. The summed E-state index contributed by atoms with van der Waals surface area (Å²) in [5.74, 6) is 2.46. The SMILES string of the molecule is C=O.CCCCOC1=CCCC1.CCCCOC1=CCCC1. The Labute approximate surface area is 136 Å². The zero-order valence-electron chi connectivity index (χ0n) is 14.6. The number of hydrogen-bond acceptors (Lipinski definition) is 3. The summed E-state index contributed by atoms with van der Waals surface area (Å²) >= 11 is 0. The fourth-order valence-electron chi connectivity index (χ4n) is 2.24. The van der Waals surface area contributed by atoms with E-state index in [-0.39, 0.29) is 0 Å². The number of ether oxygens (including phenoxy) is 2. The molecule has 0 atom stereocenters. The van der Waals surface area contributed by atoms with Crippen molar-refractivity contribution in [3.63, 3.8) is 0 Å². The quantitative estimate of drug-likeness (QED) is 0.551. The second-order valence-electron chi connectivity index (χ2n) is 5.53. The van der Waals surface area contributed by atoms with Gasteiger partial charge in [-0.15, -0.1) is 0 Å². The Kier molecular flexibility index (Phi) is 15.2. The molecule has 2 rings (SSSR count). The molecular weight excluding hydrogens is 276 g/mol. The van der Waals surface area contributed by atoms with E-state index in [0.717, 1.165) is 13.2 Å². The molecule has 2 aliphatic carbocycles. The van der Waals surface area contributed by atoms with Gasteiger partial charge in [0, 0.05) is 12.8 Å². The maximum Gasteiger partial charge on any atom is 0.106 e. The molecular formula is C19H34O3. The zero-order chi connectivity index (χ0) is 16.5. The molecule has 0 saturated heterocycles. The summed E-state index contributed by atoms with van der Waals surface area (Å²) in [7, 11) is 0. The molecule has 0 heterocycles. The van der Waals surface area contributed by atoms with Crippen molar-refractivity contribution in [2.24, 2.45) is 0 Å². The molecule has 0 fully saturated rings.